The molecule has 2 aromatic heterocycles. The van der Waals surface area contributed by atoms with Crippen molar-refractivity contribution in [1.82, 2.24) is 15.6 Å². The first-order valence-corrected chi connectivity index (χ1v) is 9.24. The molecule has 0 saturated heterocycles. The summed E-state index contributed by atoms with van der Waals surface area (Å²) in [5.74, 6) is 0.836. The minimum Gasteiger partial charge on any atom is -0.357 e. The van der Waals surface area contributed by atoms with Gasteiger partial charge in [-0.3, -0.25) is 0 Å². The average molecular weight is 337 g/mol. The van der Waals surface area contributed by atoms with Crippen LogP contribution in [-0.4, -0.2) is 17.5 Å². The van der Waals surface area contributed by atoms with E-state index in [2.05, 4.69) is 66.2 Å². The summed E-state index contributed by atoms with van der Waals surface area (Å²) in [6.45, 7) is 10.9. The fourth-order valence-corrected chi connectivity index (χ4v) is 3.39. The molecule has 2 aromatic rings. The predicted octanol–water partition coefficient (Wildman–Crippen LogP) is 3.76. The summed E-state index contributed by atoms with van der Waals surface area (Å²) in [6, 6.07) is 4.16. The topological polar surface area (TPSA) is 49.3 Å². The number of hydrogen-bond donors (Lipinski definition) is 2. The number of nitrogens with one attached hydrogen (secondary N) is 2. The zero-order valence-electron chi connectivity index (χ0n) is 13.6. The second kappa shape index (κ2) is 7.74. The second-order valence-corrected chi connectivity index (χ2v) is 7.98. The van der Waals surface area contributed by atoms with Crippen molar-refractivity contribution < 1.29 is 0 Å². The molecular formula is C16H24N4S2. The van der Waals surface area contributed by atoms with Crippen LogP contribution in [0.1, 0.15) is 43.3 Å². The van der Waals surface area contributed by atoms with Gasteiger partial charge in [-0.25, -0.2) is 9.98 Å². The highest BCUT2D eigenvalue weighted by atomic mass is 32.1. The minimum atomic E-state index is 0.104. The standard InChI is InChI=1S/C16H24N4S2/c1-5-17-15(18-9-12-7-6-8-21-12)19-10-14-20-13(11-22-14)16(2,3)4/h6-8,11H,5,9-10H2,1-4H3,(H2,17,18,19). The van der Waals surface area contributed by atoms with Gasteiger partial charge in [-0.15, -0.1) is 22.7 Å². The summed E-state index contributed by atoms with van der Waals surface area (Å²) < 4.78 is 0. The minimum absolute atomic E-state index is 0.104. The zero-order chi connectivity index (χ0) is 16.0. The van der Waals surface area contributed by atoms with Crippen molar-refractivity contribution in [1.29, 1.82) is 0 Å². The molecule has 0 aliphatic carbocycles. The number of aromatic nitrogens is 1. The van der Waals surface area contributed by atoms with Crippen molar-refractivity contribution in [2.75, 3.05) is 6.54 Å². The van der Waals surface area contributed by atoms with Crippen molar-refractivity contribution in [2.45, 2.75) is 46.2 Å². The SMILES string of the molecule is CCNC(=NCc1cccs1)NCc1nc(C(C)(C)C)cs1. The summed E-state index contributed by atoms with van der Waals surface area (Å²) in [5.41, 5.74) is 1.25. The van der Waals surface area contributed by atoms with Gasteiger partial charge in [-0.1, -0.05) is 26.8 Å². The van der Waals surface area contributed by atoms with Crippen LogP contribution >= 0.6 is 22.7 Å². The number of hydrogen-bond acceptors (Lipinski definition) is 4. The Morgan fingerprint density at radius 1 is 1.27 bits per heavy atom. The number of aliphatic imine (C=N–C) groups is 1. The van der Waals surface area contributed by atoms with Crippen molar-refractivity contribution in [3.05, 3.63) is 38.5 Å². The molecule has 2 heterocycles. The van der Waals surface area contributed by atoms with Crippen molar-refractivity contribution in [2.24, 2.45) is 4.99 Å². The van der Waals surface area contributed by atoms with Gasteiger partial charge >= 0.3 is 0 Å². The molecule has 0 saturated carbocycles. The molecule has 0 radical (unpaired) electrons. The van der Waals surface area contributed by atoms with Gasteiger partial charge in [-0.05, 0) is 18.4 Å². The Bertz CT molecular complexity index is 594. The third kappa shape index (κ3) is 5.10. The number of rotatable bonds is 5. The molecule has 0 fully saturated rings. The van der Waals surface area contributed by atoms with Crippen LogP contribution < -0.4 is 10.6 Å². The van der Waals surface area contributed by atoms with Gasteiger partial charge in [0.05, 0.1) is 18.8 Å². The lowest BCUT2D eigenvalue weighted by Gasteiger charge is -2.14. The lowest BCUT2D eigenvalue weighted by molar-refractivity contribution is 0.570. The first-order valence-electron chi connectivity index (χ1n) is 7.48. The van der Waals surface area contributed by atoms with Crippen molar-refractivity contribution in [3.63, 3.8) is 0 Å². The summed E-state index contributed by atoms with van der Waals surface area (Å²) in [7, 11) is 0. The highest BCUT2D eigenvalue weighted by Gasteiger charge is 2.17. The van der Waals surface area contributed by atoms with Gasteiger partial charge in [0.2, 0.25) is 0 Å². The van der Waals surface area contributed by atoms with Crippen LogP contribution in [-0.2, 0) is 18.5 Å². The van der Waals surface area contributed by atoms with Crippen LogP contribution in [0, 0.1) is 0 Å². The predicted molar refractivity (Wildman–Crippen MR) is 96.8 cm³/mol. The summed E-state index contributed by atoms with van der Waals surface area (Å²) in [4.78, 5) is 10.6. The van der Waals surface area contributed by atoms with E-state index in [0.29, 0.717) is 13.1 Å². The maximum absolute atomic E-state index is 4.70. The van der Waals surface area contributed by atoms with Gasteiger partial charge in [-0.2, -0.15) is 0 Å². The van der Waals surface area contributed by atoms with E-state index < -0.39 is 0 Å². The van der Waals surface area contributed by atoms with Crippen LogP contribution in [0.2, 0.25) is 0 Å². The van der Waals surface area contributed by atoms with Crippen LogP contribution in [0.25, 0.3) is 0 Å². The van der Waals surface area contributed by atoms with E-state index in [-0.39, 0.29) is 5.41 Å². The molecule has 2 N–H and O–H groups in total. The van der Waals surface area contributed by atoms with E-state index >= 15 is 0 Å². The average Bonchev–Trinajstić information content (AvgIpc) is 3.12. The number of guanidine groups is 1. The molecule has 0 amide bonds. The molecule has 2 rings (SSSR count). The molecule has 0 aliphatic heterocycles. The van der Waals surface area contributed by atoms with Crippen molar-refractivity contribution >= 4 is 28.6 Å². The molecular weight excluding hydrogens is 312 g/mol. The fourth-order valence-electron chi connectivity index (χ4n) is 1.80. The lowest BCUT2D eigenvalue weighted by atomic mass is 9.93. The van der Waals surface area contributed by atoms with Crippen LogP contribution in [0.3, 0.4) is 0 Å². The van der Waals surface area contributed by atoms with E-state index in [0.717, 1.165) is 23.2 Å². The molecule has 0 bridgehead atoms. The Balaban J connectivity index is 1.93. The van der Waals surface area contributed by atoms with E-state index in [1.165, 1.54) is 4.88 Å². The molecule has 4 nitrogen and oxygen atoms in total. The molecule has 0 aromatic carbocycles. The van der Waals surface area contributed by atoms with E-state index in [4.69, 9.17) is 4.98 Å². The molecule has 0 spiro atoms. The summed E-state index contributed by atoms with van der Waals surface area (Å²) in [5, 5.41) is 11.9. The monoisotopic (exact) mass is 336 g/mol. The molecule has 0 aliphatic rings. The third-order valence-electron chi connectivity index (χ3n) is 3.04. The van der Waals surface area contributed by atoms with Gasteiger partial charge in [0.15, 0.2) is 5.96 Å². The molecule has 22 heavy (non-hydrogen) atoms. The number of nitrogens with zero attached hydrogens (tertiary/aromatic N) is 2. The maximum Gasteiger partial charge on any atom is 0.191 e. The number of thiophene rings is 1. The molecule has 0 unspecified atom stereocenters. The Morgan fingerprint density at radius 2 is 2.09 bits per heavy atom. The summed E-state index contributed by atoms with van der Waals surface area (Å²) >= 11 is 3.43. The Hall–Kier alpha value is -1.40. The Kier molecular flexibility index (Phi) is 5.97. The van der Waals surface area contributed by atoms with Crippen LogP contribution in [0.5, 0.6) is 0 Å². The van der Waals surface area contributed by atoms with Gasteiger partial charge in [0, 0.05) is 22.2 Å². The first kappa shape index (κ1) is 17.0. The fraction of sp³-hybridized carbons (Fsp3) is 0.500. The first-order chi connectivity index (χ1) is 10.5. The van der Waals surface area contributed by atoms with Gasteiger partial charge in [0.25, 0.3) is 0 Å². The van der Waals surface area contributed by atoms with Gasteiger partial charge in [0.1, 0.15) is 5.01 Å². The highest BCUT2D eigenvalue weighted by Crippen LogP contribution is 2.23. The number of thiazole rings is 1. The van der Waals surface area contributed by atoms with Crippen LogP contribution in [0.4, 0.5) is 0 Å². The zero-order valence-corrected chi connectivity index (χ0v) is 15.3. The van der Waals surface area contributed by atoms with Crippen LogP contribution in [0.15, 0.2) is 27.9 Å². The van der Waals surface area contributed by atoms with E-state index in [1.54, 1.807) is 22.7 Å². The quantitative estimate of drug-likeness (QED) is 0.646. The second-order valence-electron chi connectivity index (χ2n) is 6.00. The van der Waals surface area contributed by atoms with E-state index in [9.17, 15) is 0 Å². The van der Waals surface area contributed by atoms with Crippen molar-refractivity contribution in [3.8, 4) is 0 Å². The Morgan fingerprint density at radius 3 is 2.68 bits per heavy atom. The molecule has 6 heteroatoms. The molecule has 0 atom stereocenters. The van der Waals surface area contributed by atoms with Gasteiger partial charge < -0.3 is 10.6 Å². The largest absolute Gasteiger partial charge is 0.357 e. The summed E-state index contributed by atoms with van der Waals surface area (Å²) in [6.07, 6.45) is 0. The lowest BCUT2D eigenvalue weighted by Crippen LogP contribution is -2.36. The smallest absolute Gasteiger partial charge is 0.191 e. The maximum atomic E-state index is 4.70. The molecule has 120 valence electrons. The van der Waals surface area contributed by atoms with E-state index in [1.807, 2.05) is 0 Å². The Labute approximate surface area is 140 Å². The highest BCUT2D eigenvalue weighted by molar-refractivity contribution is 7.10. The third-order valence-corrected chi connectivity index (χ3v) is 4.75. The normalized spacial score (nSPS) is 12.5.